The third-order valence-electron chi connectivity index (χ3n) is 2.41. The maximum atomic E-state index is 11.2. The highest BCUT2D eigenvalue weighted by Crippen LogP contribution is 2.12. The molecule has 1 fully saturated rings. The molecule has 1 aliphatic rings. The fraction of sp³-hybridized carbons (Fsp3) is 0.556. The van der Waals surface area contributed by atoms with E-state index in [1.54, 1.807) is 11.3 Å². The Hall–Kier alpha value is -0.390. The Bertz CT molecular complexity index is 383. The van der Waals surface area contributed by atoms with Crippen LogP contribution in [-0.2, 0) is 16.4 Å². The summed E-state index contributed by atoms with van der Waals surface area (Å²) in [6, 6.07) is 2.21. The Morgan fingerprint density at radius 2 is 2.43 bits per heavy atom. The first-order valence-electron chi connectivity index (χ1n) is 4.61. The van der Waals surface area contributed by atoms with Crippen LogP contribution in [0.5, 0.6) is 0 Å². The zero-order chi connectivity index (χ0) is 10.0. The zero-order valence-corrected chi connectivity index (χ0v) is 9.40. The van der Waals surface area contributed by atoms with Gasteiger partial charge in [0.1, 0.15) is 0 Å². The molecule has 0 aliphatic carbocycles. The van der Waals surface area contributed by atoms with E-state index in [1.165, 1.54) is 5.56 Å². The molecule has 2 rings (SSSR count). The van der Waals surface area contributed by atoms with Gasteiger partial charge in [0, 0.05) is 12.6 Å². The summed E-state index contributed by atoms with van der Waals surface area (Å²) in [7, 11) is -2.75. The van der Waals surface area contributed by atoms with E-state index in [0.29, 0.717) is 11.5 Å². The molecule has 1 N–H and O–H groups in total. The van der Waals surface area contributed by atoms with E-state index >= 15 is 0 Å². The summed E-state index contributed by atoms with van der Waals surface area (Å²) in [6.45, 7) is 0.781. The molecule has 1 aromatic heterocycles. The summed E-state index contributed by atoms with van der Waals surface area (Å²) in [5, 5.41) is 7.38. The van der Waals surface area contributed by atoms with Crippen molar-refractivity contribution in [1.29, 1.82) is 0 Å². The van der Waals surface area contributed by atoms with Crippen LogP contribution in [-0.4, -0.2) is 26.0 Å². The molecule has 1 atom stereocenters. The second-order valence-corrected chi connectivity index (χ2v) is 6.62. The Morgan fingerprint density at radius 3 is 3.00 bits per heavy atom. The lowest BCUT2D eigenvalue weighted by Crippen LogP contribution is -2.29. The molecule has 2 heterocycles. The van der Waals surface area contributed by atoms with Crippen LogP contribution in [0.25, 0.3) is 0 Å². The fourth-order valence-electron chi connectivity index (χ4n) is 1.61. The van der Waals surface area contributed by atoms with Crippen molar-refractivity contribution in [3.8, 4) is 0 Å². The number of rotatable bonds is 3. The van der Waals surface area contributed by atoms with Crippen molar-refractivity contribution in [2.75, 3.05) is 11.5 Å². The molecule has 1 aromatic rings. The van der Waals surface area contributed by atoms with E-state index in [4.69, 9.17) is 0 Å². The number of nitrogens with one attached hydrogen (secondary N) is 1. The van der Waals surface area contributed by atoms with Gasteiger partial charge in [0.05, 0.1) is 11.5 Å². The van der Waals surface area contributed by atoms with Crippen molar-refractivity contribution in [1.82, 2.24) is 5.32 Å². The first-order chi connectivity index (χ1) is 6.66. The van der Waals surface area contributed by atoms with E-state index in [1.807, 2.05) is 5.38 Å². The van der Waals surface area contributed by atoms with Crippen molar-refractivity contribution in [3.63, 3.8) is 0 Å². The Balaban J connectivity index is 1.83. The van der Waals surface area contributed by atoms with E-state index in [-0.39, 0.29) is 6.04 Å². The van der Waals surface area contributed by atoms with Gasteiger partial charge in [-0.05, 0) is 28.8 Å². The molecular formula is C9H13NO2S2. The van der Waals surface area contributed by atoms with Gasteiger partial charge >= 0.3 is 0 Å². The van der Waals surface area contributed by atoms with Crippen LogP contribution in [0, 0.1) is 0 Å². The van der Waals surface area contributed by atoms with Gasteiger partial charge in [-0.1, -0.05) is 0 Å². The molecule has 3 nitrogen and oxygen atoms in total. The summed E-state index contributed by atoms with van der Waals surface area (Å²) >= 11 is 1.66. The van der Waals surface area contributed by atoms with Crippen LogP contribution in [0.3, 0.4) is 0 Å². The average molecular weight is 231 g/mol. The molecule has 0 spiro atoms. The van der Waals surface area contributed by atoms with Crippen LogP contribution in [0.15, 0.2) is 16.8 Å². The van der Waals surface area contributed by atoms with Gasteiger partial charge in [-0.3, -0.25) is 0 Å². The molecule has 78 valence electrons. The first kappa shape index (κ1) is 10.1. The molecule has 0 unspecified atom stereocenters. The Kier molecular flexibility index (Phi) is 2.90. The summed E-state index contributed by atoms with van der Waals surface area (Å²) < 4.78 is 22.3. The molecular weight excluding hydrogens is 218 g/mol. The molecule has 14 heavy (non-hydrogen) atoms. The number of thiophene rings is 1. The summed E-state index contributed by atoms with van der Waals surface area (Å²) in [5.41, 5.74) is 1.24. The molecule has 1 saturated heterocycles. The van der Waals surface area contributed by atoms with E-state index in [9.17, 15) is 8.42 Å². The quantitative estimate of drug-likeness (QED) is 0.845. The second-order valence-electron chi connectivity index (χ2n) is 3.61. The molecule has 0 aromatic carbocycles. The normalized spacial score (nSPS) is 25.3. The van der Waals surface area contributed by atoms with Crippen molar-refractivity contribution < 1.29 is 8.42 Å². The van der Waals surface area contributed by atoms with E-state index in [0.717, 1.165) is 13.0 Å². The van der Waals surface area contributed by atoms with Crippen LogP contribution in [0.4, 0.5) is 0 Å². The van der Waals surface area contributed by atoms with Crippen molar-refractivity contribution in [2.24, 2.45) is 0 Å². The fourth-order valence-corrected chi connectivity index (χ4v) is 3.99. The minimum atomic E-state index is -2.75. The molecule has 0 bridgehead atoms. The van der Waals surface area contributed by atoms with Gasteiger partial charge in [0.25, 0.3) is 0 Å². The van der Waals surface area contributed by atoms with E-state index < -0.39 is 9.84 Å². The summed E-state index contributed by atoms with van der Waals surface area (Å²) in [5.74, 6) is 0.644. The smallest absolute Gasteiger partial charge is 0.151 e. The largest absolute Gasteiger partial charge is 0.309 e. The van der Waals surface area contributed by atoms with Gasteiger partial charge in [-0.25, -0.2) is 8.42 Å². The van der Waals surface area contributed by atoms with Crippen LogP contribution >= 0.6 is 11.3 Å². The second kappa shape index (κ2) is 4.00. The van der Waals surface area contributed by atoms with Crippen molar-refractivity contribution >= 4 is 21.2 Å². The van der Waals surface area contributed by atoms with Crippen molar-refractivity contribution in [3.05, 3.63) is 22.4 Å². The lowest BCUT2D eigenvalue weighted by Gasteiger charge is -2.08. The van der Waals surface area contributed by atoms with E-state index in [2.05, 4.69) is 16.8 Å². The standard InChI is InChI=1S/C9H13NO2S2/c11-14(12)4-2-9(7-14)10-5-8-1-3-13-6-8/h1,3,6,9-10H,2,4-5,7H2/t9-/m0/s1. The maximum absolute atomic E-state index is 11.2. The Morgan fingerprint density at radius 1 is 1.57 bits per heavy atom. The van der Waals surface area contributed by atoms with Gasteiger partial charge in [0.2, 0.25) is 0 Å². The number of hydrogen-bond acceptors (Lipinski definition) is 4. The van der Waals surface area contributed by atoms with Crippen molar-refractivity contribution in [2.45, 2.75) is 19.0 Å². The lowest BCUT2D eigenvalue weighted by atomic mass is 10.2. The monoisotopic (exact) mass is 231 g/mol. The minimum absolute atomic E-state index is 0.153. The summed E-state index contributed by atoms with van der Waals surface area (Å²) in [6.07, 6.45) is 0.756. The molecule has 5 heteroatoms. The topological polar surface area (TPSA) is 46.2 Å². The van der Waals surface area contributed by atoms with Crippen LogP contribution < -0.4 is 5.32 Å². The maximum Gasteiger partial charge on any atom is 0.151 e. The van der Waals surface area contributed by atoms with Crippen LogP contribution in [0.2, 0.25) is 0 Å². The average Bonchev–Trinajstić information content (AvgIpc) is 2.70. The third kappa shape index (κ3) is 2.56. The van der Waals surface area contributed by atoms with Crippen LogP contribution in [0.1, 0.15) is 12.0 Å². The van der Waals surface area contributed by atoms with Gasteiger partial charge in [0.15, 0.2) is 9.84 Å². The zero-order valence-electron chi connectivity index (χ0n) is 7.77. The molecule has 0 radical (unpaired) electrons. The minimum Gasteiger partial charge on any atom is -0.309 e. The van der Waals surface area contributed by atoms with Gasteiger partial charge < -0.3 is 5.32 Å². The Labute approximate surface area is 88.1 Å². The van der Waals surface area contributed by atoms with Gasteiger partial charge in [-0.15, -0.1) is 0 Å². The highest BCUT2D eigenvalue weighted by atomic mass is 32.2. The summed E-state index contributed by atoms with van der Waals surface area (Å²) in [4.78, 5) is 0. The predicted octanol–water partition coefficient (Wildman–Crippen LogP) is 1.02. The third-order valence-corrected chi connectivity index (χ3v) is 4.91. The highest BCUT2D eigenvalue weighted by molar-refractivity contribution is 7.91. The number of sulfone groups is 1. The first-order valence-corrected chi connectivity index (χ1v) is 7.37. The SMILES string of the molecule is O=S1(=O)CC[C@H](NCc2ccsc2)C1. The molecule has 0 saturated carbocycles. The molecule has 1 aliphatic heterocycles. The lowest BCUT2D eigenvalue weighted by molar-refractivity contribution is 0.555. The number of hydrogen-bond donors (Lipinski definition) is 1. The predicted molar refractivity (Wildman–Crippen MR) is 58.2 cm³/mol. The van der Waals surface area contributed by atoms with Gasteiger partial charge in [-0.2, -0.15) is 11.3 Å². The highest BCUT2D eigenvalue weighted by Gasteiger charge is 2.27. The molecule has 0 amide bonds.